The van der Waals surface area contributed by atoms with Gasteiger partial charge in [-0.1, -0.05) is 12.1 Å². The van der Waals surface area contributed by atoms with Gasteiger partial charge < -0.3 is 24.8 Å². The van der Waals surface area contributed by atoms with Crippen LogP contribution in [0.3, 0.4) is 0 Å². The minimum Gasteiger partial charge on any atom is -0.497 e. The lowest BCUT2D eigenvalue weighted by molar-refractivity contribution is 0.0179. The highest BCUT2D eigenvalue weighted by Gasteiger charge is 2.22. The molecule has 0 aliphatic carbocycles. The summed E-state index contributed by atoms with van der Waals surface area (Å²) < 4.78 is 16.0. The summed E-state index contributed by atoms with van der Waals surface area (Å²) in [6.07, 6.45) is 3.37. The van der Waals surface area contributed by atoms with Gasteiger partial charge in [0.2, 0.25) is 0 Å². The average molecular weight is 407 g/mol. The number of nitrogens with one attached hydrogen (secondary N) is 2. The number of morpholine rings is 1. The molecule has 0 spiro atoms. The Bertz CT molecular complexity index is 574. The molecule has 0 aromatic heterocycles. The number of nitrogens with zero attached hydrogens (tertiary/aromatic N) is 2. The molecule has 7 nitrogen and oxygen atoms in total. The molecular weight excluding hydrogens is 368 g/mol. The predicted molar refractivity (Wildman–Crippen MR) is 118 cm³/mol. The number of hydrogen-bond donors (Lipinski definition) is 2. The van der Waals surface area contributed by atoms with Crippen molar-refractivity contribution in [1.82, 2.24) is 15.5 Å². The molecule has 1 saturated heterocycles. The molecule has 0 radical (unpaired) electrons. The van der Waals surface area contributed by atoms with Crippen molar-refractivity contribution >= 4 is 5.96 Å². The minimum absolute atomic E-state index is 0.224. The van der Waals surface area contributed by atoms with Gasteiger partial charge in [-0.2, -0.15) is 0 Å². The molecule has 1 fully saturated rings. The van der Waals surface area contributed by atoms with Gasteiger partial charge in [0.05, 0.1) is 32.9 Å². The molecule has 1 aromatic carbocycles. The van der Waals surface area contributed by atoms with Crippen molar-refractivity contribution in [2.45, 2.75) is 32.2 Å². The molecule has 1 aliphatic heterocycles. The van der Waals surface area contributed by atoms with Crippen LogP contribution in [0.1, 0.15) is 37.8 Å². The van der Waals surface area contributed by atoms with Gasteiger partial charge in [-0.05, 0) is 43.9 Å². The molecule has 0 saturated carbocycles. The van der Waals surface area contributed by atoms with Crippen molar-refractivity contribution in [1.29, 1.82) is 0 Å². The van der Waals surface area contributed by atoms with E-state index >= 15 is 0 Å². The molecule has 0 amide bonds. The van der Waals surface area contributed by atoms with E-state index in [1.54, 1.807) is 14.2 Å². The third-order valence-corrected chi connectivity index (χ3v) is 5.07. The molecule has 29 heavy (non-hydrogen) atoms. The summed E-state index contributed by atoms with van der Waals surface area (Å²) in [7, 11) is 3.45. The van der Waals surface area contributed by atoms with E-state index in [9.17, 15) is 0 Å². The maximum atomic E-state index is 5.55. The molecule has 2 rings (SSSR count). The maximum Gasteiger partial charge on any atom is 0.191 e. The predicted octanol–water partition coefficient (Wildman–Crippen LogP) is 2.44. The fourth-order valence-corrected chi connectivity index (χ4v) is 3.42. The van der Waals surface area contributed by atoms with Crippen LogP contribution in [-0.4, -0.2) is 77.6 Å². The quantitative estimate of drug-likeness (QED) is 0.316. The molecule has 1 aliphatic rings. The Kier molecular flexibility index (Phi) is 11.5. The van der Waals surface area contributed by atoms with E-state index in [4.69, 9.17) is 19.2 Å². The second kappa shape index (κ2) is 14.2. The summed E-state index contributed by atoms with van der Waals surface area (Å²) in [4.78, 5) is 7.36. The fraction of sp³-hybridized carbons (Fsp3) is 0.682. The van der Waals surface area contributed by atoms with Crippen molar-refractivity contribution in [3.8, 4) is 5.75 Å². The zero-order chi connectivity index (χ0) is 20.7. The van der Waals surface area contributed by atoms with Crippen molar-refractivity contribution < 1.29 is 14.2 Å². The first-order valence-electron chi connectivity index (χ1n) is 10.7. The number of hydrogen-bond acceptors (Lipinski definition) is 5. The lowest BCUT2D eigenvalue weighted by Crippen LogP contribution is -2.42. The van der Waals surface area contributed by atoms with Crippen LogP contribution in [-0.2, 0) is 9.47 Å². The van der Waals surface area contributed by atoms with Crippen LogP contribution in [0.5, 0.6) is 5.75 Å². The smallest absolute Gasteiger partial charge is 0.191 e. The number of methoxy groups -OCH3 is 2. The van der Waals surface area contributed by atoms with Crippen LogP contribution < -0.4 is 15.4 Å². The number of benzene rings is 1. The van der Waals surface area contributed by atoms with E-state index in [1.165, 1.54) is 5.56 Å². The Hall–Kier alpha value is -1.83. The van der Waals surface area contributed by atoms with Crippen molar-refractivity contribution in [2.24, 2.45) is 4.99 Å². The highest BCUT2D eigenvalue weighted by molar-refractivity contribution is 5.79. The monoisotopic (exact) mass is 406 g/mol. The Morgan fingerprint density at radius 2 is 1.86 bits per heavy atom. The molecule has 164 valence electrons. The fourth-order valence-electron chi connectivity index (χ4n) is 3.42. The third-order valence-electron chi connectivity index (χ3n) is 5.07. The normalized spacial score (nSPS) is 16.4. The van der Waals surface area contributed by atoms with E-state index < -0.39 is 0 Å². The van der Waals surface area contributed by atoms with Crippen LogP contribution >= 0.6 is 0 Å². The minimum atomic E-state index is 0.224. The van der Waals surface area contributed by atoms with Gasteiger partial charge in [-0.15, -0.1) is 0 Å². The van der Waals surface area contributed by atoms with Gasteiger partial charge in [0, 0.05) is 39.9 Å². The summed E-state index contributed by atoms with van der Waals surface area (Å²) in [5.74, 6) is 1.76. The molecule has 2 N–H and O–H groups in total. The number of ether oxygens (including phenoxy) is 3. The van der Waals surface area contributed by atoms with E-state index in [-0.39, 0.29) is 6.04 Å². The zero-order valence-corrected chi connectivity index (χ0v) is 18.3. The van der Waals surface area contributed by atoms with Gasteiger partial charge in [0.15, 0.2) is 5.96 Å². The van der Waals surface area contributed by atoms with Gasteiger partial charge >= 0.3 is 0 Å². The Morgan fingerprint density at radius 3 is 2.52 bits per heavy atom. The van der Waals surface area contributed by atoms with Gasteiger partial charge in [-0.25, -0.2) is 0 Å². The van der Waals surface area contributed by atoms with Gasteiger partial charge in [-0.3, -0.25) is 9.89 Å². The third kappa shape index (κ3) is 8.60. The summed E-state index contributed by atoms with van der Waals surface area (Å²) in [5.41, 5.74) is 1.26. The van der Waals surface area contributed by atoms with Crippen LogP contribution in [0.15, 0.2) is 29.3 Å². The van der Waals surface area contributed by atoms with Crippen molar-refractivity contribution in [2.75, 3.05) is 66.8 Å². The number of aliphatic imine (C=N–C) groups is 1. The Labute approximate surface area is 175 Å². The standard InChI is InChI=1S/C22H38N4O3/c1-4-23-22(24-12-6-5-7-15-27-2)25-18-21(26-13-16-29-17-14-26)19-8-10-20(28-3)11-9-19/h8-11,21H,4-7,12-18H2,1-3H3,(H2,23,24,25). The second-order valence-corrected chi connectivity index (χ2v) is 7.14. The summed E-state index contributed by atoms with van der Waals surface area (Å²) in [6.45, 7) is 8.79. The first-order chi connectivity index (χ1) is 14.3. The molecule has 1 aromatic rings. The average Bonchev–Trinajstić information content (AvgIpc) is 2.77. The number of unbranched alkanes of at least 4 members (excludes halogenated alkanes) is 2. The van der Waals surface area contributed by atoms with Gasteiger partial charge in [0.25, 0.3) is 0 Å². The Morgan fingerprint density at radius 1 is 1.10 bits per heavy atom. The molecular formula is C22H38N4O3. The lowest BCUT2D eigenvalue weighted by atomic mass is 10.0. The van der Waals surface area contributed by atoms with E-state index in [0.29, 0.717) is 6.54 Å². The van der Waals surface area contributed by atoms with E-state index in [1.807, 2.05) is 12.1 Å². The highest BCUT2D eigenvalue weighted by atomic mass is 16.5. The van der Waals surface area contributed by atoms with E-state index in [0.717, 1.165) is 77.0 Å². The molecule has 0 bridgehead atoms. The number of guanidine groups is 1. The molecule has 1 atom stereocenters. The summed E-state index contributed by atoms with van der Waals surface area (Å²) in [5, 5.41) is 6.82. The van der Waals surface area contributed by atoms with Crippen molar-refractivity contribution in [3.63, 3.8) is 0 Å². The van der Waals surface area contributed by atoms with Crippen molar-refractivity contribution in [3.05, 3.63) is 29.8 Å². The molecule has 1 heterocycles. The van der Waals surface area contributed by atoms with Crippen LogP contribution in [0, 0.1) is 0 Å². The maximum absolute atomic E-state index is 5.55. The highest BCUT2D eigenvalue weighted by Crippen LogP contribution is 2.24. The summed E-state index contributed by atoms with van der Waals surface area (Å²) in [6, 6.07) is 8.56. The molecule has 7 heteroatoms. The topological polar surface area (TPSA) is 67.4 Å². The summed E-state index contributed by atoms with van der Waals surface area (Å²) >= 11 is 0. The second-order valence-electron chi connectivity index (χ2n) is 7.14. The zero-order valence-electron chi connectivity index (χ0n) is 18.3. The van der Waals surface area contributed by atoms with Crippen LogP contribution in [0.2, 0.25) is 0 Å². The SMILES string of the molecule is CCNC(=NCC(c1ccc(OC)cc1)N1CCOCC1)NCCCCCOC. The largest absolute Gasteiger partial charge is 0.497 e. The van der Waals surface area contributed by atoms with Crippen LogP contribution in [0.4, 0.5) is 0 Å². The van der Waals surface area contributed by atoms with Gasteiger partial charge in [0.1, 0.15) is 5.75 Å². The molecule has 1 unspecified atom stereocenters. The first-order valence-corrected chi connectivity index (χ1v) is 10.7. The van der Waals surface area contributed by atoms with E-state index in [2.05, 4.69) is 34.6 Å². The first kappa shape index (κ1) is 23.4. The Balaban J connectivity index is 1.99. The number of rotatable bonds is 12. The lowest BCUT2D eigenvalue weighted by Gasteiger charge is -2.34. The van der Waals surface area contributed by atoms with Crippen LogP contribution in [0.25, 0.3) is 0 Å².